The molecule has 3 rings (SSSR count). The van der Waals surface area contributed by atoms with Gasteiger partial charge in [-0.1, -0.05) is 18.6 Å². The predicted molar refractivity (Wildman–Crippen MR) is 123 cm³/mol. The Kier molecular flexibility index (Phi) is 7.91. The number of nitrogens with zero attached hydrogens (tertiary/aromatic N) is 2. The van der Waals surface area contributed by atoms with Crippen LogP contribution >= 0.6 is 11.3 Å². The van der Waals surface area contributed by atoms with Gasteiger partial charge in [-0.05, 0) is 55.5 Å². The molecule has 30 heavy (non-hydrogen) atoms. The number of carbonyl (C=O) groups excluding carboxylic acids is 1. The molecule has 164 valence electrons. The zero-order chi connectivity index (χ0) is 21.6. The van der Waals surface area contributed by atoms with E-state index in [2.05, 4.69) is 34.5 Å². The zero-order valence-corrected chi connectivity index (χ0v) is 19.4. The van der Waals surface area contributed by atoms with E-state index < -0.39 is 10.0 Å². The van der Waals surface area contributed by atoms with Crippen LogP contribution in [0.2, 0.25) is 0 Å². The van der Waals surface area contributed by atoms with Gasteiger partial charge in [-0.25, -0.2) is 8.42 Å². The number of anilines is 1. The number of piperidine rings is 1. The average molecular weight is 450 g/mol. The number of nitrogens with one attached hydrogen (secondary N) is 1. The first-order chi connectivity index (χ1) is 14.4. The molecule has 0 aliphatic carbocycles. The van der Waals surface area contributed by atoms with Gasteiger partial charge in [0.25, 0.3) is 10.0 Å². The van der Waals surface area contributed by atoms with Crippen LogP contribution < -0.4 is 10.2 Å². The van der Waals surface area contributed by atoms with Crippen LogP contribution in [0.25, 0.3) is 0 Å². The van der Waals surface area contributed by atoms with Gasteiger partial charge in [0.2, 0.25) is 5.91 Å². The van der Waals surface area contributed by atoms with Crippen molar-refractivity contribution in [1.82, 2.24) is 9.62 Å². The van der Waals surface area contributed by atoms with E-state index in [-0.39, 0.29) is 12.3 Å². The monoisotopic (exact) mass is 449 g/mol. The summed E-state index contributed by atoms with van der Waals surface area (Å²) in [5.41, 5.74) is 2.42. The molecular formula is C22H31N3O3S2. The maximum absolute atomic E-state index is 12.7. The summed E-state index contributed by atoms with van der Waals surface area (Å²) in [4.78, 5) is 15.1. The lowest BCUT2D eigenvalue weighted by atomic mass is 10.1. The van der Waals surface area contributed by atoms with E-state index in [1.807, 2.05) is 14.1 Å². The van der Waals surface area contributed by atoms with Crippen LogP contribution in [0.1, 0.15) is 36.1 Å². The first-order valence-corrected chi connectivity index (χ1v) is 12.7. The molecule has 0 bridgehead atoms. The number of rotatable bonds is 9. The van der Waals surface area contributed by atoms with Crippen LogP contribution in [0.4, 0.5) is 5.69 Å². The summed E-state index contributed by atoms with van der Waals surface area (Å²) in [6.07, 6.45) is 4.91. The van der Waals surface area contributed by atoms with E-state index in [1.54, 1.807) is 16.4 Å². The van der Waals surface area contributed by atoms with E-state index in [9.17, 15) is 13.2 Å². The number of thiophene rings is 1. The summed E-state index contributed by atoms with van der Waals surface area (Å²) in [7, 11) is 0.616. The molecule has 1 amide bonds. The highest BCUT2D eigenvalue weighted by Gasteiger charge is 2.27. The smallest absolute Gasteiger partial charge is 0.252 e. The highest BCUT2D eigenvalue weighted by molar-refractivity contribution is 7.91. The largest absolute Gasteiger partial charge is 0.378 e. The van der Waals surface area contributed by atoms with Crippen LogP contribution in [0, 0.1) is 0 Å². The molecule has 2 heterocycles. The van der Waals surface area contributed by atoms with E-state index in [0.29, 0.717) is 23.8 Å². The Bertz CT molecular complexity index is 931. The number of hydrogen-bond donors (Lipinski definition) is 1. The fourth-order valence-electron chi connectivity index (χ4n) is 3.53. The molecule has 1 N–H and O–H groups in total. The van der Waals surface area contributed by atoms with Crippen molar-refractivity contribution in [2.45, 2.75) is 42.7 Å². The van der Waals surface area contributed by atoms with Crippen molar-refractivity contribution in [3.63, 3.8) is 0 Å². The van der Waals surface area contributed by atoms with Gasteiger partial charge in [-0.3, -0.25) is 4.79 Å². The Balaban J connectivity index is 1.43. The number of benzene rings is 1. The fraction of sp³-hybridized carbons (Fsp3) is 0.500. The Morgan fingerprint density at radius 1 is 1.07 bits per heavy atom. The predicted octanol–water partition coefficient (Wildman–Crippen LogP) is 3.28. The molecule has 1 aliphatic rings. The molecule has 0 radical (unpaired) electrons. The van der Waals surface area contributed by atoms with Crippen molar-refractivity contribution in [1.29, 1.82) is 0 Å². The maximum atomic E-state index is 12.7. The number of amides is 1. The second-order valence-electron chi connectivity index (χ2n) is 7.88. The highest BCUT2D eigenvalue weighted by Crippen LogP contribution is 2.27. The summed E-state index contributed by atoms with van der Waals surface area (Å²) in [5, 5.41) is 2.94. The highest BCUT2D eigenvalue weighted by atomic mass is 32.2. The van der Waals surface area contributed by atoms with Crippen LogP contribution in [0.3, 0.4) is 0 Å². The molecule has 2 aromatic rings. The van der Waals surface area contributed by atoms with Gasteiger partial charge in [0.05, 0.1) is 6.42 Å². The summed E-state index contributed by atoms with van der Waals surface area (Å²) in [6.45, 7) is 1.79. The summed E-state index contributed by atoms with van der Waals surface area (Å²) in [6, 6.07) is 11.8. The van der Waals surface area contributed by atoms with Gasteiger partial charge < -0.3 is 10.2 Å². The average Bonchev–Trinajstić information content (AvgIpc) is 3.21. The summed E-state index contributed by atoms with van der Waals surface area (Å²) in [5.74, 6) is -0.0678. The summed E-state index contributed by atoms with van der Waals surface area (Å²) < 4.78 is 27.4. The minimum absolute atomic E-state index is 0.0678. The molecule has 0 unspecified atom stereocenters. The first-order valence-electron chi connectivity index (χ1n) is 10.5. The molecule has 0 atom stereocenters. The van der Waals surface area contributed by atoms with E-state index >= 15 is 0 Å². The van der Waals surface area contributed by atoms with Crippen molar-refractivity contribution in [2.75, 3.05) is 38.6 Å². The lowest BCUT2D eigenvalue weighted by Crippen LogP contribution is -2.35. The van der Waals surface area contributed by atoms with Crippen molar-refractivity contribution >= 4 is 33.0 Å². The molecule has 0 spiro atoms. The molecule has 1 aliphatic heterocycles. The first kappa shape index (κ1) is 22.8. The summed E-state index contributed by atoms with van der Waals surface area (Å²) >= 11 is 1.21. The third kappa shape index (κ3) is 6.06. The van der Waals surface area contributed by atoms with Crippen LogP contribution in [-0.4, -0.2) is 52.4 Å². The third-order valence-corrected chi connectivity index (χ3v) is 8.75. The minimum Gasteiger partial charge on any atom is -0.378 e. The van der Waals surface area contributed by atoms with Gasteiger partial charge in [-0.15, -0.1) is 11.3 Å². The van der Waals surface area contributed by atoms with Crippen molar-refractivity contribution in [2.24, 2.45) is 0 Å². The zero-order valence-electron chi connectivity index (χ0n) is 17.8. The molecule has 1 aromatic carbocycles. The van der Waals surface area contributed by atoms with Crippen LogP contribution in [-0.2, 0) is 27.7 Å². The topological polar surface area (TPSA) is 69.7 Å². The number of hydrogen-bond acceptors (Lipinski definition) is 5. The van der Waals surface area contributed by atoms with E-state index in [0.717, 1.165) is 37.0 Å². The standard InChI is InChI=1S/C22H31N3O3S2/c1-24(2)19-10-8-18(9-11-19)7-6-14-23-21(26)17-20-12-13-22(29-20)30(27,28)25-15-4-3-5-16-25/h8-13H,3-7,14-17H2,1-2H3,(H,23,26). The molecule has 0 saturated carbocycles. The quantitative estimate of drug-likeness (QED) is 0.597. The van der Waals surface area contributed by atoms with E-state index in [4.69, 9.17) is 0 Å². The Morgan fingerprint density at radius 2 is 1.77 bits per heavy atom. The van der Waals surface area contributed by atoms with Crippen molar-refractivity contribution in [3.05, 3.63) is 46.8 Å². The van der Waals surface area contributed by atoms with Gasteiger partial charge in [0.15, 0.2) is 0 Å². The molecule has 8 heteroatoms. The Hall–Kier alpha value is -1.90. The van der Waals surface area contributed by atoms with Gasteiger partial charge in [0.1, 0.15) is 4.21 Å². The van der Waals surface area contributed by atoms with Gasteiger partial charge in [0, 0.05) is 44.3 Å². The lowest BCUT2D eigenvalue weighted by Gasteiger charge is -2.25. The van der Waals surface area contributed by atoms with Crippen LogP contribution in [0.5, 0.6) is 0 Å². The Morgan fingerprint density at radius 3 is 2.43 bits per heavy atom. The number of carbonyl (C=O) groups is 1. The molecule has 1 fully saturated rings. The van der Waals surface area contributed by atoms with Crippen LogP contribution in [0.15, 0.2) is 40.6 Å². The van der Waals surface area contributed by atoms with Crippen molar-refractivity contribution in [3.8, 4) is 0 Å². The molecule has 1 aromatic heterocycles. The van der Waals surface area contributed by atoms with Gasteiger partial charge in [-0.2, -0.15) is 4.31 Å². The SMILES string of the molecule is CN(C)c1ccc(CCCNC(=O)Cc2ccc(S(=O)(=O)N3CCCCC3)s2)cc1. The number of sulfonamides is 1. The number of aryl methyl sites for hydroxylation is 1. The Labute approximate surface area is 183 Å². The lowest BCUT2D eigenvalue weighted by molar-refractivity contribution is -0.120. The van der Waals surface area contributed by atoms with Crippen molar-refractivity contribution < 1.29 is 13.2 Å². The minimum atomic E-state index is -3.42. The third-order valence-electron chi connectivity index (χ3n) is 5.30. The molecular weight excluding hydrogens is 418 g/mol. The maximum Gasteiger partial charge on any atom is 0.252 e. The second-order valence-corrected chi connectivity index (χ2v) is 11.2. The van der Waals surface area contributed by atoms with Gasteiger partial charge >= 0.3 is 0 Å². The molecule has 6 nitrogen and oxygen atoms in total. The normalized spacial score (nSPS) is 15.1. The second kappa shape index (κ2) is 10.4. The van der Waals surface area contributed by atoms with E-state index in [1.165, 1.54) is 22.6 Å². The fourth-order valence-corrected chi connectivity index (χ4v) is 6.55. The molecule has 1 saturated heterocycles.